The van der Waals surface area contributed by atoms with Crippen molar-refractivity contribution >= 4 is 44.5 Å². The van der Waals surface area contributed by atoms with Crippen LogP contribution in [0.2, 0.25) is 5.02 Å². The molecule has 0 fully saturated rings. The number of hydrogen-bond donors (Lipinski definition) is 1. The predicted molar refractivity (Wildman–Crippen MR) is 82.9 cm³/mol. The van der Waals surface area contributed by atoms with Crippen LogP contribution in [0.4, 0.5) is 10.3 Å². The molecule has 0 aliphatic rings. The molecule has 1 heterocycles. The number of aromatic nitrogens is 2. The Morgan fingerprint density at radius 3 is 2.81 bits per heavy atom. The van der Waals surface area contributed by atoms with Gasteiger partial charge in [-0.3, -0.25) is 4.57 Å². The van der Waals surface area contributed by atoms with Crippen LogP contribution in [0.5, 0.6) is 0 Å². The third kappa shape index (κ3) is 2.24. The van der Waals surface area contributed by atoms with E-state index in [0.717, 1.165) is 4.47 Å². The molecule has 0 bridgehead atoms. The molecule has 3 aromatic rings. The molecule has 0 aliphatic carbocycles. The molecular weight excluding hydrogens is 359 g/mol. The lowest BCUT2D eigenvalue weighted by molar-refractivity contribution is 0.629. The first-order valence-corrected chi connectivity index (χ1v) is 7.01. The first-order valence-electron chi connectivity index (χ1n) is 5.84. The molecule has 7 heteroatoms. The van der Waals surface area contributed by atoms with Gasteiger partial charge in [-0.15, -0.1) is 0 Å². The van der Waals surface area contributed by atoms with Crippen LogP contribution in [0, 0.1) is 17.1 Å². The number of fused-ring (bicyclic) bond motifs is 1. The smallest absolute Gasteiger partial charge is 0.205 e. The second kappa shape index (κ2) is 5.02. The molecule has 2 N–H and O–H groups in total. The summed E-state index contributed by atoms with van der Waals surface area (Å²) >= 11 is 9.06. The molecule has 0 radical (unpaired) electrons. The summed E-state index contributed by atoms with van der Waals surface area (Å²) in [5.41, 5.74) is 7.75. The second-order valence-corrected chi connectivity index (χ2v) is 5.66. The lowest BCUT2D eigenvalue weighted by Crippen LogP contribution is -2.03. The molecule has 0 amide bonds. The van der Waals surface area contributed by atoms with Gasteiger partial charge in [0.2, 0.25) is 5.95 Å². The van der Waals surface area contributed by atoms with Crippen LogP contribution in [0.15, 0.2) is 34.8 Å². The number of anilines is 1. The summed E-state index contributed by atoms with van der Waals surface area (Å²) in [4.78, 5) is 4.16. The molecule has 4 nitrogen and oxygen atoms in total. The number of nitrogens with zero attached hydrogens (tertiary/aromatic N) is 3. The number of halogens is 3. The Bertz CT molecular complexity index is 913. The summed E-state index contributed by atoms with van der Waals surface area (Å²) in [6.07, 6.45) is 0. The minimum Gasteiger partial charge on any atom is -0.369 e. The molecule has 21 heavy (non-hydrogen) atoms. The van der Waals surface area contributed by atoms with E-state index in [0.29, 0.717) is 22.3 Å². The van der Waals surface area contributed by atoms with Crippen LogP contribution >= 0.6 is 27.5 Å². The van der Waals surface area contributed by atoms with Gasteiger partial charge in [-0.1, -0.05) is 27.5 Å². The summed E-state index contributed by atoms with van der Waals surface area (Å²) < 4.78 is 16.0. The number of rotatable bonds is 1. The van der Waals surface area contributed by atoms with Gasteiger partial charge in [-0.2, -0.15) is 5.26 Å². The van der Waals surface area contributed by atoms with Gasteiger partial charge >= 0.3 is 0 Å². The Labute approximate surface area is 132 Å². The quantitative estimate of drug-likeness (QED) is 0.708. The van der Waals surface area contributed by atoms with Crippen molar-refractivity contribution in [2.75, 3.05) is 5.73 Å². The van der Waals surface area contributed by atoms with E-state index in [1.54, 1.807) is 18.2 Å². The molecule has 104 valence electrons. The Balaban J connectivity index is 2.38. The Kier molecular flexibility index (Phi) is 3.32. The molecule has 0 unspecified atom stereocenters. The lowest BCUT2D eigenvalue weighted by atomic mass is 10.2. The van der Waals surface area contributed by atoms with Gasteiger partial charge in [-0.05, 0) is 24.3 Å². The third-order valence-electron chi connectivity index (χ3n) is 3.04. The molecule has 1 aromatic heterocycles. The zero-order chi connectivity index (χ0) is 15.1. The molecule has 2 aromatic carbocycles. The summed E-state index contributed by atoms with van der Waals surface area (Å²) in [5, 5.41) is 9.24. The first-order chi connectivity index (χ1) is 10.0. The number of nitrogen functional groups attached to an aromatic ring is 1. The number of nitriles is 1. The maximum absolute atomic E-state index is 13.7. The molecular formula is C14H7BrClFN4. The maximum Gasteiger partial charge on any atom is 0.205 e. The van der Waals surface area contributed by atoms with Crippen LogP contribution in [0.3, 0.4) is 0 Å². The van der Waals surface area contributed by atoms with Crippen molar-refractivity contribution in [1.82, 2.24) is 9.55 Å². The van der Waals surface area contributed by atoms with E-state index in [2.05, 4.69) is 27.0 Å². The van der Waals surface area contributed by atoms with Crippen LogP contribution in [-0.4, -0.2) is 9.55 Å². The van der Waals surface area contributed by atoms with Crippen LogP contribution < -0.4 is 5.73 Å². The van der Waals surface area contributed by atoms with Crippen LogP contribution in [0.25, 0.3) is 16.7 Å². The summed E-state index contributed by atoms with van der Waals surface area (Å²) in [7, 11) is 0. The minimum atomic E-state index is -0.569. The van der Waals surface area contributed by atoms with Crippen molar-refractivity contribution in [3.63, 3.8) is 0 Å². The fourth-order valence-corrected chi connectivity index (χ4v) is 2.66. The third-order valence-corrected chi connectivity index (χ3v) is 3.83. The van der Waals surface area contributed by atoms with Crippen LogP contribution in [-0.2, 0) is 0 Å². The van der Waals surface area contributed by atoms with Crippen molar-refractivity contribution in [1.29, 1.82) is 5.26 Å². The Hall–Kier alpha value is -2.10. The fourth-order valence-electron chi connectivity index (χ4n) is 2.14. The standard InChI is InChI=1S/C14H7BrClFN4/c15-8-1-2-12(7(3-8)6-18)21-13-5-10(17)9(16)4-11(13)20-14(21)19/h1-5H,(H2,19,20). The molecule has 0 saturated carbocycles. The molecule has 0 atom stereocenters. The van der Waals surface area contributed by atoms with Gasteiger partial charge in [0.1, 0.15) is 11.9 Å². The Morgan fingerprint density at radius 2 is 2.10 bits per heavy atom. The maximum atomic E-state index is 13.7. The first kappa shape index (κ1) is 13.9. The Morgan fingerprint density at radius 1 is 1.33 bits per heavy atom. The van der Waals surface area contributed by atoms with Crippen molar-refractivity contribution in [2.45, 2.75) is 0 Å². The van der Waals surface area contributed by atoms with Crippen molar-refractivity contribution < 1.29 is 4.39 Å². The molecule has 0 saturated heterocycles. The monoisotopic (exact) mass is 364 g/mol. The molecule has 0 aliphatic heterocycles. The summed E-state index contributed by atoms with van der Waals surface area (Å²) in [6.45, 7) is 0. The largest absolute Gasteiger partial charge is 0.369 e. The van der Waals surface area contributed by atoms with E-state index in [-0.39, 0.29) is 11.0 Å². The zero-order valence-corrected chi connectivity index (χ0v) is 12.8. The SMILES string of the molecule is N#Cc1cc(Br)ccc1-n1c(N)nc2cc(Cl)c(F)cc21. The number of nitrogens with two attached hydrogens (primary N) is 1. The summed E-state index contributed by atoms with van der Waals surface area (Å²) in [5.74, 6) is -0.411. The normalized spacial score (nSPS) is 10.8. The highest BCUT2D eigenvalue weighted by molar-refractivity contribution is 9.10. The molecule has 3 rings (SSSR count). The summed E-state index contributed by atoms with van der Waals surface area (Å²) in [6, 6.07) is 9.90. The van der Waals surface area contributed by atoms with E-state index in [1.807, 2.05) is 0 Å². The van der Waals surface area contributed by atoms with Crippen molar-refractivity contribution in [2.24, 2.45) is 0 Å². The van der Waals surface area contributed by atoms with Crippen molar-refractivity contribution in [3.05, 3.63) is 51.2 Å². The van der Waals surface area contributed by atoms with Gasteiger partial charge in [0.25, 0.3) is 0 Å². The van der Waals surface area contributed by atoms with Crippen molar-refractivity contribution in [3.8, 4) is 11.8 Å². The van der Waals surface area contributed by atoms with Gasteiger partial charge in [-0.25, -0.2) is 9.37 Å². The van der Waals surface area contributed by atoms with Gasteiger partial charge in [0.15, 0.2) is 0 Å². The molecule has 0 spiro atoms. The number of hydrogen-bond acceptors (Lipinski definition) is 3. The predicted octanol–water partition coefficient (Wildman–Crippen LogP) is 4.03. The average Bonchev–Trinajstić information content (AvgIpc) is 2.75. The highest BCUT2D eigenvalue weighted by atomic mass is 79.9. The highest BCUT2D eigenvalue weighted by Crippen LogP contribution is 2.29. The lowest BCUT2D eigenvalue weighted by Gasteiger charge is -2.09. The van der Waals surface area contributed by atoms with E-state index >= 15 is 0 Å². The van der Waals surface area contributed by atoms with E-state index < -0.39 is 5.82 Å². The number of benzene rings is 2. The van der Waals surface area contributed by atoms with Gasteiger partial charge in [0, 0.05) is 10.5 Å². The van der Waals surface area contributed by atoms with E-state index in [9.17, 15) is 9.65 Å². The highest BCUT2D eigenvalue weighted by Gasteiger charge is 2.15. The van der Waals surface area contributed by atoms with Gasteiger partial charge < -0.3 is 5.73 Å². The van der Waals surface area contributed by atoms with Crippen LogP contribution in [0.1, 0.15) is 5.56 Å². The zero-order valence-electron chi connectivity index (χ0n) is 10.4. The van der Waals surface area contributed by atoms with Gasteiger partial charge in [0.05, 0.1) is 27.3 Å². The van der Waals surface area contributed by atoms with E-state index in [4.69, 9.17) is 17.3 Å². The fraction of sp³-hybridized carbons (Fsp3) is 0. The average molecular weight is 366 g/mol. The number of imidazole rings is 1. The minimum absolute atomic E-state index is 0.0246. The second-order valence-electron chi connectivity index (χ2n) is 4.33. The topological polar surface area (TPSA) is 67.6 Å². The van der Waals surface area contributed by atoms with E-state index in [1.165, 1.54) is 16.7 Å².